The maximum atomic E-state index is 5.56. The fourth-order valence-electron chi connectivity index (χ4n) is 2.97. The molecule has 5 nitrogen and oxygen atoms in total. The van der Waals surface area contributed by atoms with Crippen molar-refractivity contribution in [3.63, 3.8) is 0 Å². The Morgan fingerprint density at radius 3 is 2.75 bits per heavy atom. The molecule has 1 aromatic heterocycles. The van der Waals surface area contributed by atoms with E-state index in [1.54, 1.807) is 6.33 Å². The number of aromatic nitrogens is 2. The number of hydrogen-bond donors (Lipinski definition) is 3. The third-order valence-electron chi connectivity index (χ3n) is 4.18. The minimum atomic E-state index is 0.524. The van der Waals surface area contributed by atoms with Crippen LogP contribution >= 0.6 is 0 Å². The lowest BCUT2D eigenvalue weighted by molar-refractivity contribution is 0.501. The Morgan fingerprint density at radius 1 is 1.20 bits per heavy atom. The molecular weight excluding hydrogens is 250 g/mol. The summed E-state index contributed by atoms with van der Waals surface area (Å²) in [7, 11) is 0. The Kier molecular flexibility index (Phi) is 5.59. The summed E-state index contributed by atoms with van der Waals surface area (Å²) in [5.74, 6) is 8.10. The van der Waals surface area contributed by atoms with Crippen molar-refractivity contribution in [2.75, 3.05) is 10.7 Å². The van der Waals surface area contributed by atoms with Crippen molar-refractivity contribution in [3.8, 4) is 0 Å². The molecule has 0 bridgehead atoms. The quantitative estimate of drug-likeness (QED) is 0.438. The first kappa shape index (κ1) is 15.0. The summed E-state index contributed by atoms with van der Waals surface area (Å²) in [5.41, 5.74) is 3.79. The highest BCUT2D eigenvalue weighted by atomic mass is 15.3. The molecule has 1 saturated carbocycles. The van der Waals surface area contributed by atoms with Crippen LogP contribution in [0.1, 0.15) is 57.9 Å². The van der Waals surface area contributed by atoms with E-state index in [1.807, 2.05) is 0 Å². The topological polar surface area (TPSA) is 75.9 Å². The Labute approximate surface area is 121 Å². The molecule has 0 saturated heterocycles. The molecular formula is C15H27N5. The van der Waals surface area contributed by atoms with Crippen molar-refractivity contribution in [2.24, 2.45) is 11.8 Å². The van der Waals surface area contributed by atoms with Gasteiger partial charge in [0, 0.05) is 11.6 Å². The van der Waals surface area contributed by atoms with Crippen LogP contribution in [-0.2, 0) is 6.42 Å². The molecule has 2 atom stereocenters. The number of anilines is 2. The number of nitrogens with one attached hydrogen (secondary N) is 2. The molecule has 112 valence electrons. The van der Waals surface area contributed by atoms with E-state index >= 15 is 0 Å². The molecule has 20 heavy (non-hydrogen) atoms. The molecule has 0 amide bonds. The summed E-state index contributed by atoms with van der Waals surface area (Å²) >= 11 is 0. The number of hydrogen-bond acceptors (Lipinski definition) is 5. The maximum Gasteiger partial charge on any atom is 0.148 e. The van der Waals surface area contributed by atoms with Crippen molar-refractivity contribution >= 4 is 11.6 Å². The normalized spacial score (nSPS) is 23.1. The highest BCUT2D eigenvalue weighted by Gasteiger charge is 2.18. The molecule has 0 radical (unpaired) electrons. The molecule has 1 aliphatic carbocycles. The van der Waals surface area contributed by atoms with Gasteiger partial charge in [0.15, 0.2) is 0 Å². The van der Waals surface area contributed by atoms with E-state index in [1.165, 1.54) is 32.1 Å². The van der Waals surface area contributed by atoms with Crippen LogP contribution in [0, 0.1) is 5.92 Å². The Balaban J connectivity index is 2.11. The molecule has 4 N–H and O–H groups in total. The zero-order valence-corrected chi connectivity index (χ0v) is 12.7. The fraction of sp³-hybridized carbons (Fsp3) is 0.733. The van der Waals surface area contributed by atoms with Crippen LogP contribution in [0.25, 0.3) is 0 Å². The van der Waals surface area contributed by atoms with Crippen LogP contribution < -0.4 is 16.6 Å². The van der Waals surface area contributed by atoms with Gasteiger partial charge >= 0.3 is 0 Å². The van der Waals surface area contributed by atoms with E-state index in [9.17, 15) is 0 Å². The van der Waals surface area contributed by atoms with Crippen LogP contribution in [0.5, 0.6) is 0 Å². The highest BCUT2D eigenvalue weighted by molar-refractivity contribution is 5.57. The van der Waals surface area contributed by atoms with Crippen LogP contribution in [0.4, 0.5) is 11.6 Å². The molecule has 2 unspecified atom stereocenters. The predicted octanol–water partition coefficient (Wildman–Crippen LogP) is 3.10. The largest absolute Gasteiger partial charge is 0.367 e. The van der Waals surface area contributed by atoms with Crippen molar-refractivity contribution in [3.05, 3.63) is 11.9 Å². The standard InChI is InChI=1S/C15H27N5/c1-3-5-13-14(17-10-18-15(13)20-16)19-12-7-4-6-11(2)8-9-12/h10-12H,3-9,16H2,1-2H3,(H2,17,18,19,20). The third-order valence-corrected chi connectivity index (χ3v) is 4.18. The van der Waals surface area contributed by atoms with Gasteiger partial charge in [-0.05, 0) is 31.6 Å². The van der Waals surface area contributed by atoms with Gasteiger partial charge in [-0.3, -0.25) is 0 Å². The molecule has 0 spiro atoms. The summed E-state index contributed by atoms with van der Waals surface area (Å²) in [5, 5.41) is 3.62. The second kappa shape index (κ2) is 7.43. The molecule has 0 aromatic carbocycles. The SMILES string of the molecule is CCCc1c(NN)ncnc1NC1CCCC(C)CC1. The van der Waals surface area contributed by atoms with E-state index in [0.29, 0.717) is 6.04 Å². The predicted molar refractivity (Wildman–Crippen MR) is 83.5 cm³/mol. The lowest BCUT2D eigenvalue weighted by Gasteiger charge is -2.20. The Hall–Kier alpha value is -1.36. The first-order valence-corrected chi connectivity index (χ1v) is 7.81. The zero-order valence-electron chi connectivity index (χ0n) is 12.7. The summed E-state index contributed by atoms with van der Waals surface area (Å²) in [4.78, 5) is 8.64. The molecule has 5 heteroatoms. The number of rotatable bonds is 5. The molecule has 1 aliphatic rings. The van der Waals surface area contributed by atoms with Gasteiger partial charge in [-0.25, -0.2) is 15.8 Å². The highest BCUT2D eigenvalue weighted by Crippen LogP contribution is 2.27. The molecule has 1 aromatic rings. The van der Waals surface area contributed by atoms with Gasteiger partial charge in [-0.1, -0.05) is 33.1 Å². The molecule has 2 rings (SSSR count). The smallest absolute Gasteiger partial charge is 0.148 e. The monoisotopic (exact) mass is 277 g/mol. The van der Waals surface area contributed by atoms with Crippen LogP contribution in [0.3, 0.4) is 0 Å². The van der Waals surface area contributed by atoms with Gasteiger partial charge in [0.1, 0.15) is 18.0 Å². The zero-order chi connectivity index (χ0) is 14.4. The van der Waals surface area contributed by atoms with E-state index in [0.717, 1.165) is 36.0 Å². The number of hydrazine groups is 1. The summed E-state index contributed by atoms with van der Waals surface area (Å²) < 4.78 is 0. The summed E-state index contributed by atoms with van der Waals surface area (Å²) in [6.07, 6.45) is 9.97. The summed E-state index contributed by atoms with van der Waals surface area (Å²) in [6, 6.07) is 0.524. The van der Waals surface area contributed by atoms with Crippen LogP contribution in [0.2, 0.25) is 0 Å². The van der Waals surface area contributed by atoms with Crippen molar-refractivity contribution < 1.29 is 0 Å². The van der Waals surface area contributed by atoms with Gasteiger partial charge in [-0.15, -0.1) is 0 Å². The van der Waals surface area contributed by atoms with Gasteiger partial charge in [0.05, 0.1) is 0 Å². The van der Waals surface area contributed by atoms with Crippen LogP contribution in [0.15, 0.2) is 6.33 Å². The Bertz CT molecular complexity index is 421. The second-order valence-corrected chi connectivity index (χ2v) is 5.90. The lowest BCUT2D eigenvalue weighted by Crippen LogP contribution is -2.22. The number of nitrogens with two attached hydrogens (primary N) is 1. The Morgan fingerprint density at radius 2 is 2.00 bits per heavy atom. The van der Waals surface area contributed by atoms with Crippen molar-refractivity contribution in [2.45, 2.75) is 64.8 Å². The van der Waals surface area contributed by atoms with E-state index in [4.69, 9.17) is 5.84 Å². The molecule has 1 fully saturated rings. The minimum Gasteiger partial charge on any atom is -0.367 e. The van der Waals surface area contributed by atoms with Gasteiger partial charge in [-0.2, -0.15) is 0 Å². The van der Waals surface area contributed by atoms with Gasteiger partial charge < -0.3 is 10.7 Å². The van der Waals surface area contributed by atoms with Gasteiger partial charge in [0.25, 0.3) is 0 Å². The van der Waals surface area contributed by atoms with E-state index in [-0.39, 0.29) is 0 Å². The fourth-order valence-corrected chi connectivity index (χ4v) is 2.97. The average Bonchev–Trinajstić information content (AvgIpc) is 2.66. The average molecular weight is 277 g/mol. The number of nitrogen functional groups attached to an aromatic ring is 1. The van der Waals surface area contributed by atoms with E-state index in [2.05, 4.69) is 34.6 Å². The molecule has 1 heterocycles. The second-order valence-electron chi connectivity index (χ2n) is 5.90. The first-order chi connectivity index (χ1) is 9.74. The minimum absolute atomic E-state index is 0.524. The van der Waals surface area contributed by atoms with Crippen molar-refractivity contribution in [1.82, 2.24) is 9.97 Å². The molecule has 0 aliphatic heterocycles. The number of nitrogens with zero attached hydrogens (tertiary/aromatic N) is 2. The van der Waals surface area contributed by atoms with Crippen LogP contribution in [-0.4, -0.2) is 16.0 Å². The van der Waals surface area contributed by atoms with Crippen molar-refractivity contribution in [1.29, 1.82) is 0 Å². The van der Waals surface area contributed by atoms with Gasteiger partial charge in [0.2, 0.25) is 0 Å². The third kappa shape index (κ3) is 3.82. The lowest BCUT2D eigenvalue weighted by atomic mass is 10.0. The van der Waals surface area contributed by atoms with E-state index < -0.39 is 0 Å². The first-order valence-electron chi connectivity index (χ1n) is 7.81. The summed E-state index contributed by atoms with van der Waals surface area (Å²) in [6.45, 7) is 4.51. The maximum absolute atomic E-state index is 5.56.